The van der Waals surface area contributed by atoms with Crippen molar-refractivity contribution in [1.29, 1.82) is 0 Å². The van der Waals surface area contributed by atoms with E-state index in [1.807, 2.05) is 24.3 Å². The number of carboxylic acid groups (broad SMARTS) is 1. The summed E-state index contributed by atoms with van der Waals surface area (Å²) in [7, 11) is 3.08. The molecule has 0 saturated heterocycles. The molecule has 166 valence electrons. The fourth-order valence-corrected chi connectivity index (χ4v) is 3.51. The lowest BCUT2D eigenvalue weighted by atomic mass is 10.1. The zero-order valence-electron chi connectivity index (χ0n) is 18.3. The summed E-state index contributed by atoms with van der Waals surface area (Å²) in [5, 5.41) is 9.31. The van der Waals surface area contributed by atoms with E-state index < -0.39 is 5.97 Å². The van der Waals surface area contributed by atoms with Gasteiger partial charge in [-0.3, -0.25) is 4.79 Å². The molecule has 6 nitrogen and oxygen atoms in total. The first kappa shape index (κ1) is 22.9. The molecule has 0 unspecified atom stereocenters. The van der Waals surface area contributed by atoms with E-state index in [9.17, 15) is 14.7 Å². The number of amides is 1. The minimum absolute atomic E-state index is 0.170. The molecule has 0 spiro atoms. The van der Waals surface area contributed by atoms with E-state index in [-0.39, 0.29) is 11.5 Å². The summed E-state index contributed by atoms with van der Waals surface area (Å²) in [6.07, 6.45) is 1.61. The molecule has 0 bridgehead atoms. The first-order chi connectivity index (χ1) is 15.5. The number of carbonyl (C=O) groups excluding carboxylic acids is 1. The third-order valence-electron chi connectivity index (χ3n) is 5.17. The van der Waals surface area contributed by atoms with Crippen LogP contribution in [0.5, 0.6) is 11.5 Å². The van der Waals surface area contributed by atoms with Crippen LogP contribution in [0, 0.1) is 0 Å². The van der Waals surface area contributed by atoms with Gasteiger partial charge in [0.1, 0.15) is 11.5 Å². The number of ether oxygens (including phenoxy) is 2. The third-order valence-corrected chi connectivity index (χ3v) is 5.17. The number of hydrogen-bond donors (Lipinski definition) is 1. The Kier molecular flexibility index (Phi) is 7.86. The molecule has 0 atom stereocenters. The van der Waals surface area contributed by atoms with Gasteiger partial charge in [-0.25, -0.2) is 4.79 Å². The standard InChI is InChI=1S/C26H27NO5/c1-31-23-15-22(16-24(17-23)32-2)25(28)27(13-7-11-19-8-4-3-5-9-19)18-20-10-6-12-21(14-20)26(29)30/h3-6,8-10,12,14-17H,7,11,13,18H2,1-2H3,(H,29,30). The minimum atomic E-state index is -0.994. The molecule has 1 amide bonds. The van der Waals surface area contributed by atoms with E-state index >= 15 is 0 Å². The molecular formula is C26H27NO5. The van der Waals surface area contributed by atoms with Crippen molar-refractivity contribution in [3.8, 4) is 11.5 Å². The molecule has 0 aliphatic heterocycles. The van der Waals surface area contributed by atoms with E-state index in [4.69, 9.17) is 9.47 Å². The number of nitrogens with zero attached hydrogens (tertiary/aromatic N) is 1. The number of hydrogen-bond acceptors (Lipinski definition) is 4. The van der Waals surface area contributed by atoms with Crippen LogP contribution in [0.4, 0.5) is 0 Å². The Morgan fingerprint density at radius 1 is 0.812 bits per heavy atom. The lowest BCUT2D eigenvalue weighted by Crippen LogP contribution is -2.32. The molecule has 6 heteroatoms. The van der Waals surface area contributed by atoms with Gasteiger partial charge in [-0.05, 0) is 48.2 Å². The predicted octanol–water partition coefficient (Wildman–Crippen LogP) is 4.68. The lowest BCUT2D eigenvalue weighted by Gasteiger charge is -2.24. The van der Waals surface area contributed by atoms with Crippen LogP contribution in [0.1, 0.15) is 38.3 Å². The van der Waals surface area contributed by atoms with E-state index in [1.54, 1.807) is 41.3 Å². The van der Waals surface area contributed by atoms with Crippen molar-refractivity contribution in [2.45, 2.75) is 19.4 Å². The Morgan fingerprint density at radius 2 is 1.47 bits per heavy atom. The number of carbonyl (C=O) groups is 2. The van der Waals surface area contributed by atoms with Gasteiger partial charge in [0.25, 0.3) is 5.91 Å². The number of methoxy groups -OCH3 is 2. The maximum absolute atomic E-state index is 13.4. The second-order valence-corrected chi connectivity index (χ2v) is 7.42. The van der Waals surface area contributed by atoms with Crippen molar-refractivity contribution in [2.24, 2.45) is 0 Å². The molecule has 0 fully saturated rings. The summed E-state index contributed by atoms with van der Waals surface area (Å²) in [5.74, 6) is -0.100. The van der Waals surface area contributed by atoms with Gasteiger partial charge >= 0.3 is 5.97 Å². The summed E-state index contributed by atoms with van der Waals surface area (Å²) < 4.78 is 10.6. The van der Waals surface area contributed by atoms with Crippen molar-refractivity contribution in [3.63, 3.8) is 0 Å². The fraction of sp³-hybridized carbons (Fsp3) is 0.231. The van der Waals surface area contributed by atoms with E-state index in [0.717, 1.165) is 18.4 Å². The van der Waals surface area contributed by atoms with Crippen LogP contribution < -0.4 is 9.47 Å². The first-order valence-electron chi connectivity index (χ1n) is 10.4. The molecule has 0 saturated carbocycles. The summed E-state index contributed by atoms with van der Waals surface area (Å²) in [5.41, 5.74) is 2.61. The quantitative estimate of drug-likeness (QED) is 0.503. The smallest absolute Gasteiger partial charge is 0.335 e. The molecular weight excluding hydrogens is 406 g/mol. The Bertz CT molecular complexity index is 1040. The van der Waals surface area contributed by atoms with Gasteiger partial charge in [-0.2, -0.15) is 0 Å². The highest BCUT2D eigenvalue weighted by Gasteiger charge is 2.19. The molecule has 3 rings (SSSR count). The Balaban J connectivity index is 1.84. The number of benzene rings is 3. The van der Waals surface area contributed by atoms with Crippen molar-refractivity contribution >= 4 is 11.9 Å². The molecule has 3 aromatic carbocycles. The SMILES string of the molecule is COc1cc(OC)cc(C(=O)N(CCCc2ccccc2)Cc2cccc(C(=O)O)c2)c1. The fourth-order valence-electron chi connectivity index (χ4n) is 3.51. The van der Waals surface area contributed by atoms with Gasteiger partial charge in [0, 0.05) is 24.7 Å². The van der Waals surface area contributed by atoms with Crippen LogP contribution in [0.15, 0.2) is 72.8 Å². The summed E-state index contributed by atoms with van der Waals surface area (Å²) >= 11 is 0. The Labute approximate surface area is 188 Å². The molecule has 1 N–H and O–H groups in total. The Morgan fingerprint density at radius 3 is 2.09 bits per heavy atom. The number of aryl methyl sites for hydroxylation is 1. The summed E-state index contributed by atoms with van der Waals surface area (Å²) in [4.78, 5) is 26.5. The number of carboxylic acids is 1. The van der Waals surface area contributed by atoms with Crippen molar-refractivity contribution < 1.29 is 24.2 Å². The first-order valence-corrected chi connectivity index (χ1v) is 10.4. The highest BCUT2D eigenvalue weighted by Crippen LogP contribution is 2.24. The van der Waals surface area contributed by atoms with Crippen LogP contribution in [0.3, 0.4) is 0 Å². The molecule has 3 aromatic rings. The third kappa shape index (κ3) is 6.11. The zero-order valence-corrected chi connectivity index (χ0v) is 18.3. The van der Waals surface area contributed by atoms with Gasteiger partial charge in [-0.1, -0.05) is 42.5 Å². The maximum Gasteiger partial charge on any atom is 0.335 e. The topological polar surface area (TPSA) is 76.1 Å². The van der Waals surface area contributed by atoms with Crippen LogP contribution in [0.25, 0.3) is 0 Å². The van der Waals surface area contributed by atoms with Crippen LogP contribution in [-0.4, -0.2) is 42.6 Å². The largest absolute Gasteiger partial charge is 0.497 e. The van der Waals surface area contributed by atoms with E-state index in [1.165, 1.54) is 19.8 Å². The highest BCUT2D eigenvalue weighted by atomic mass is 16.5. The molecule has 0 radical (unpaired) electrons. The van der Waals surface area contributed by atoms with Crippen molar-refractivity contribution in [2.75, 3.05) is 20.8 Å². The molecule has 0 aliphatic rings. The number of aromatic carboxylic acids is 1. The number of rotatable bonds is 10. The van der Waals surface area contributed by atoms with E-state index in [0.29, 0.717) is 30.2 Å². The highest BCUT2D eigenvalue weighted by molar-refractivity contribution is 5.95. The molecule has 0 heterocycles. The van der Waals surface area contributed by atoms with Gasteiger partial charge in [-0.15, -0.1) is 0 Å². The van der Waals surface area contributed by atoms with Crippen LogP contribution >= 0.6 is 0 Å². The Hall–Kier alpha value is -3.80. The van der Waals surface area contributed by atoms with Crippen LogP contribution in [0.2, 0.25) is 0 Å². The van der Waals surface area contributed by atoms with Crippen molar-refractivity contribution in [1.82, 2.24) is 4.90 Å². The predicted molar refractivity (Wildman–Crippen MR) is 122 cm³/mol. The van der Waals surface area contributed by atoms with Crippen LogP contribution in [-0.2, 0) is 13.0 Å². The zero-order chi connectivity index (χ0) is 22.9. The van der Waals surface area contributed by atoms with Gasteiger partial charge in [0.15, 0.2) is 0 Å². The lowest BCUT2D eigenvalue weighted by molar-refractivity contribution is 0.0696. The average molecular weight is 434 g/mol. The average Bonchev–Trinajstić information content (AvgIpc) is 2.83. The minimum Gasteiger partial charge on any atom is -0.497 e. The molecule has 0 aliphatic carbocycles. The summed E-state index contributed by atoms with van der Waals surface area (Å²) in [6.45, 7) is 0.818. The normalized spacial score (nSPS) is 10.4. The van der Waals surface area contributed by atoms with Crippen molar-refractivity contribution in [3.05, 3.63) is 95.1 Å². The van der Waals surface area contributed by atoms with E-state index in [2.05, 4.69) is 12.1 Å². The second kappa shape index (κ2) is 11.0. The monoisotopic (exact) mass is 433 g/mol. The maximum atomic E-state index is 13.4. The molecule has 32 heavy (non-hydrogen) atoms. The molecule has 0 aromatic heterocycles. The second-order valence-electron chi connectivity index (χ2n) is 7.42. The van der Waals surface area contributed by atoms with Gasteiger partial charge in [0.2, 0.25) is 0 Å². The van der Waals surface area contributed by atoms with Gasteiger partial charge in [0.05, 0.1) is 19.8 Å². The van der Waals surface area contributed by atoms with Gasteiger partial charge < -0.3 is 19.5 Å². The summed E-state index contributed by atoms with van der Waals surface area (Å²) in [6, 6.07) is 21.9.